The van der Waals surface area contributed by atoms with E-state index >= 15 is 0 Å². The van der Waals surface area contributed by atoms with Crippen molar-refractivity contribution < 1.29 is 9.53 Å². The first kappa shape index (κ1) is 13.8. The van der Waals surface area contributed by atoms with Crippen molar-refractivity contribution in [3.8, 4) is 5.75 Å². The lowest BCUT2D eigenvalue weighted by Crippen LogP contribution is -2.29. The SMILES string of the molecule is NNC(=O)c1ccc(OCCn2ccc(=O)cc2)cc1. The predicted octanol–water partition coefficient (Wildman–Crippen LogP) is 0.531. The normalized spacial score (nSPS) is 10.1. The lowest BCUT2D eigenvalue weighted by Gasteiger charge is -2.08. The molecule has 0 spiro atoms. The molecule has 0 aliphatic rings. The number of nitrogen functional groups attached to an aromatic ring is 1. The van der Waals surface area contributed by atoms with Gasteiger partial charge in [0.05, 0.1) is 6.54 Å². The van der Waals surface area contributed by atoms with Crippen molar-refractivity contribution in [2.75, 3.05) is 6.61 Å². The molecule has 1 aromatic carbocycles. The quantitative estimate of drug-likeness (QED) is 0.472. The van der Waals surface area contributed by atoms with E-state index in [4.69, 9.17) is 10.6 Å². The van der Waals surface area contributed by atoms with E-state index in [1.165, 1.54) is 12.1 Å². The number of hydrogen-bond acceptors (Lipinski definition) is 4. The zero-order chi connectivity index (χ0) is 14.4. The maximum Gasteiger partial charge on any atom is 0.265 e. The first-order valence-corrected chi connectivity index (χ1v) is 6.09. The summed E-state index contributed by atoms with van der Waals surface area (Å²) >= 11 is 0. The number of aromatic nitrogens is 1. The van der Waals surface area contributed by atoms with E-state index in [2.05, 4.69) is 5.43 Å². The number of amides is 1. The molecule has 20 heavy (non-hydrogen) atoms. The van der Waals surface area contributed by atoms with Crippen LogP contribution in [0.3, 0.4) is 0 Å². The van der Waals surface area contributed by atoms with E-state index in [0.717, 1.165) is 0 Å². The summed E-state index contributed by atoms with van der Waals surface area (Å²) in [5.74, 6) is 5.37. The number of benzene rings is 1. The Balaban J connectivity index is 1.86. The van der Waals surface area contributed by atoms with Gasteiger partial charge in [-0.3, -0.25) is 15.0 Å². The van der Waals surface area contributed by atoms with Crippen LogP contribution in [-0.4, -0.2) is 17.1 Å². The van der Waals surface area contributed by atoms with Gasteiger partial charge in [0.15, 0.2) is 5.43 Å². The van der Waals surface area contributed by atoms with Crippen molar-refractivity contribution in [1.29, 1.82) is 0 Å². The largest absolute Gasteiger partial charge is 0.492 e. The molecular weight excluding hydrogens is 258 g/mol. The molecule has 0 saturated heterocycles. The van der Waals surface area contributed by atoms with E-state index in [1.54, 1.807) is 36.7 Å². The average Bonchev–Trinajstić information content (AvgIpc) is 2.49. The summed E-state index contributed by atoms with van der Waals surface area (Å²) < 4.78 is 7.41. The highest BCUT2D eigenvalue weighted by Crippen LogP contribution is 2.12. The van der Waals surface area contributed by atoms with E-state index < -0.39 is 0 Å². The molecule has 0 saturated carbocycles. The average molecular weight is 273 g/mol. The van der Waals surface area contributed by atoms with Crippen LogP contribution in [-0.2, 0) is 6.54 Å². The van der Waals surface area contributed by atoms with Gasteiger partial charge in [-0.2, -0.15) is 0 Å². The van der Waals surface area contributed by atoms with E-state index in [0.29, 0.717) is 24.5 Å². The molecule has 0 unspecified atom stereocenters. The number of pyridine rings is 1. The molecule has 6 nitrogen and oxygen atoms in total. The number of nitrogens with zero attached hydrogens (tertiary/aromatic N) is 1. The van der Waals surface area contributed by atoms with E-state index in [-0.39, 0.29) is 11.3 Å². The van der Waals surface area contributed by atoms with Crippen molar-refractivity contribution in [3.63, 3.8) is 0 Å². The lowest BCUT2D eigenvalue weighted by molar-refractivity contribution is 0.0953. The maximum atomic E-state index is 11.2. The highest BCUT2D eigenvalue weighted by molar-refractivity contribution is 5.93. The first-order valence-electron chi connectivity index (χ1n) is 6.09. The van der Waals surface area contributed by atoms with Crippen LogP contribution in [0.25, 0.3) is 0 Å². The Hall–Kier alpha value is -2.60. The van der Waals surface area contributed by atoms with Crippen molar-refractivity contribution in [2.45, 2.75) is 6.54 Å². The summed E-state index contributed by atoms with van der Waals surface area (Å²) in [6.45, 7) is 1.09. The van der Waals surface area contributed by atoms with Crippen LogP contribution in [0.4, 0.5) is 0 Å². The second-order valence-electron chi connectivity index (χ2n) is 4.12. The smallest absolute Gasteiger partial charge is 0.265 e. The third-order valence-electron chi connectivity index (χ3n) is 2.73. The highest BCUT2D eigenvalue weighted by Gasteiger charge is 2.02. The molecule has 1 aromatic heterocycles. The van der Waals surface area contributed by atoms with Crippen LogP contribution in [0.1, 0.15) is 10.4 Å². The number of ether oxygens (including phenoxy) is 1. The summed E-state index contributed by atoms with van der Waals surface area (Å²) in [6.07, 6.45) is 3.42. The fraction of sp³-hybridized carbons (Fsp3) is 0.143. The predicted molar refractivity (Wildman–Crippen MR) is 74.3 cm³/mol. The zero-order valence-electron chi connectivity index (χ0n) is 10.8. The van der Waals surface area contributed by atoms with Crippen LogP contribution >= 0.6 is 0 Å². The number of rotatable bonds is 5. The zero-order valence-corrected chi connectivity index (χ0v) is 10.8. The van der Waals surface area contributed by atoms with Crippen molar-refractivity contribution in [2.24, 2.45) is 5.84 Å². The van der Waals surface area contributed by atoms with Gasteiger partial charge < -0.3 is 9.30 Å². The maximum absolute atomic E-state index is 11.2. The Bertz CT molecular complexity index is 614. The van der Waals surface area contributed by atoms with Gasteiger partial charge in [0, 0.05) is 30.1 Å². The van der Waals surface area contributed by atoms with Crippen LogP contribution in [0, 0.1) is 0 Å². The number of hydrogen-bond donors (Lipinski definition) is 2. The van der Waals surface area contributed by atoms with Gasteiger partial charge >= 0.3 is 0 Å². The minimum atomic E-state index is -0.343. The summed E-state index contributed by atoms with van der Waals surface area (Å²) in [6, 6.07) is 9.68. The molecule has 2 rings (SSSR count). The van der Waals surface area contributed by atoms with Crippen molar-refractivity contribution in [1.82, 2.24) is 9.99 Å². The van der Waals surface area contributed by atoms with Crippen LogP contribution in [0.5, 0.6) is 5.75 Å². The molecule has 2 aromatic rings. The number of nitrogens with two attached hydrogens (primary N) is 1. The molecule has 1 heterocycles. The fourth-order valence-electron chi connectivity index (χ4n) is 1.65. The molecule has 1 amide bonds. The molecule has 0 radical (unpaired) electrons. The minimum absolute atomic E-state index is 0.0177. The minimum Gasteiger partial charge on any atom is -0.492 e. The van der Waals surface area contributed by atoms with E-state index in [9.17, 15) is 9.59 Å². The number of carbonyl (C=O) groups excluding carboxylic acids is 1. The van der Waals surface area contributed by atoms with Gasteiger partial charge in [0.25, 0.3) is 5.91 Å². The van der Waals surface area contributed by atoms with Crippen LogP contribution < -0.4 is 21.4 Å². The third kappa shape index (κ3) is 3.69. The van der Waals surface area contributed by atoms with Gasteiger partial charge in [-0.1, -0.05) is 0 Å². The Morgan fingerprint density at radius 2 is 1.80 bits per heavy atom. The topological polar surface area (TPSA) is 86.3 Å². The summed E-state index contributed by atoms with van der Waals surface area (Å²) in [7, 11) is 0. The standard InChI is InChI=1S/C14H15N3O3/c15-16-14(19)11-1-3-13(4-2-11)20-10-9-17-7-5-12(18)6-8-17/h1-8H,9-10,15H2,(H,16,19). The summed E-state index contributed by atoms with van der Waals surface area (Å²) in [5, 5.41) is 0. The Kier molecular flexibility index (Phi) is 4.52. The second kappa shape index (κ2) is 6.53. The highest BCUT2D eigenvalue weighted by atomic mass is 16.5. The third-order valence-corrected chi connectivity index (χ3v) is 2.73. The molecule has 0 aliphatic carbocycles. The molecule has 3 N–H and O–H groups in total. The number of carbonyl (C=O) groups is 1. The molecular formula is C14H15N3O3. The number of nitrogens with one attached hydrogen (secondary N) is 1. The number of hydrazine groups is 1. The van der Waals surface area contributed by atoms with Gasteiger partial charge in [0.2, 0.25) is 0 Å². The molecule has 6 heteroatoms. The fourth-order valence-corrected chi connectivity index (χ4v) is 1.65. The molecule has 104 valence electrons. The monoisotopic (exact) mass is 273 g/mol. The Morgan fingerprint density at radius 1 is 1.15 bits per heavy atom. The summed E-state index contributed by atoms with van der Waals surface area (Å²) in [4.78, 5) is 22.2. The van der Waals surface area contributed by atoms with Crippen molar-refractivity contribution in [3.05, 3.63) is 64.6 Å². The molecule has 0 fully saturated rings. The first-order chi connectivity index (χ1) is 9.69. The summed E-state index contributed by atoms with van der Waals surface area (Å²) in [5.41, 5.74) is 2.52. The Morgan fingerprint density at radius 3 is 2.40 bits per heavy atom. The van der Waals surface area contributed by atoms with Crippen LogP contribution in [0.15, 0.2) is 53.6 Å². The van der Waals surface area contributed by atoms with Gasteiger partial charge in [-0.25, -0.2) is 5.84 Å². The lowest BCUT2D eigenvalue weighted by atomic mass is 10.2. The molecule has 0 aliphatic heterocycles. The van der Waals surface area contributed by atoms with E-state index in [1.807, 2.05) is 4.57 Å². The van der Waals surface area contributed by atoms with Crippen LogP contribution in [0.2, 0.25) is 0 Å². The molecule has 0 atom stereocenters. The van der Waals surface area contributed by atoms with Gasteiger partial charge in [0.1, 0.15) is 12.4 Å². The van der Waals surface area contributed by atoms with Crippen molar-refractivity contribution >= 4 is 5.91 Å². The molecule has 0 bridgehead atoms. The van der Waals surface area contributed by atoms with Gasteiger partial charge in [-0.15, -0.1) is 0 Å². The van der Waals surface area contributed by atoms with Gasteiger partial charge in [-0.05, 0) is 24.3 Å². The Labute approximate surface area is 115 Å². The second-order valence-corrected chi connectivity index (χ2v) is 4.12.